The molecule has 0 unspecified atom stereocenters. The van der Waals surface area contributed by atoms with Crippen molar-refractivity contribution in [3.05, 3.63) is 35.9 Å². The predicted octanol–water partition coefficient (Wildman–Crippen LogP) is 2.17. The molecule has 0 aliphatic heterocycles. The maximum atomic E-state index is 5.36. The highest BCUT2D eigenvalue weighted by Crippen LogP contribution is 2.29. The van der Waals surface area contributed by atoms with Crippen LogP contribution in [0, 0.1) is 0 Å². The summed E-state index contributed by atoms with van der Waals surface area (Å²) >= 11 is 1.88. The van der Waals surface area contributed by atoms with E-state index in [1.807, 2.05) is 24.9 Å². The van der Waals surface area contributed by atoms with E-state index >= 15 is 0 Å². The van der Waals surface area contributed by atoms with Gasteiger partial charge in [0.2, 0.25) is 0 Å². The van der Waals surface area contributed by atoms with Gasteiger partial charge in [0.05, 0.1) is 18.0 Å². The van der Waals surface area contributed by atoms with Crippen LogP contribution in [0.4, 0.5) is 0 Å². The normalized spacial score (nSPS) is 11.7. The van der Waals surface area contributed by atoms with E-state index in [9.17, 15) is 0 Å². The van der Waals surface area contributed by atoms with Crippen molar-refractivity contribution >= 4 is 11.8 Å². The number of hydrogen-bond donors (Lipinski definition) is 1. The number of nitrogens with one attached hydrogen (secondary N) is 1. The number of rotatable bonds is 9. The highest BCUT2D eigenvalue weighted by Gasteiger charge is 2.30. The van der Waals surface area contributed by atoms with Gasteiger partial charge in [-0.25, -0.2) is 0 Å². The zero-order valence-electron chi connectivity index (χ0n) is 11.4. The molecule has 1 rings (SSSR count). The second-order valence-corrected chi connectivity index (χ2v) is 5.80. The van der Waals surface area contributed by atoms with Crippen LogP contribution >= 0.6 is 11.8 Å². The zero-order valence-corrected chi connectivity index (χ0v) is 12.3. The van der Waals surface area contributed by atoms with Crippen molar-refractivity contribution < 1.29 is 9.47 Å². The van der Waals surface area contributed by atoms with Crippen LogP contribution < -0.4 is 5.32 Å². The Hall–Kier alpha value is -0.550. The van der Waals surface area contributed by atoms with Crippen LogP contribution in [0.3, 0.4) is 0 Å². The van der Waals surface area contributed by atoms with Gasteiger partial charge in [-0.2, -0.15) is 0 Å². The predicted molar refractivity (Wildman–Crippen MR) is 78.1 cm³/mol. The molecule has 1 aromatic carbocycles. The summed E-state index contributed by atoms with van der Waals surface area (Å²) in [6.07, 6.45) is 0. The third kappa shape index (κ3) is 4.98. The lowest BCUT2D eigenvalue weighted by Gasteiger charge is -2.31. The average molecular weight is 269 g/mol. The van der Waals surface area contributed by atoms with E-state index in [1.54, 1.807) is 14.2 Å². The van der Waals surface area contributed by atoms with Crippen molar-refractivity contribution in [2.45, 2.75) is 10.5 Å². The first-order valence-electron chi connectivity index (χ1n) is 6.07. The summed E-state index contributed by atoms with van der Waals surface area (Å²) in [6, 6.07) is 10.5. The van der Waals surface area contributed by atoms with Gasteiger partial charge in [-0.1, -0.05) is 30.3 Å². The molecule has 0 radical (unpaired) electrons. The molecule has 0 saturated heterocycles. The second-order valence-electron chi connectivity index (χ2n) is 4.35. The summed E-state index contributed by atoms with van der Waals surface area (Å²) in [5.74, 6) is 0.967. The summed E-state index contributed by atoms with van der Waals surface area (Å²) in [7, 11) is 5.44. The minimum Gasteiger partial charge on any atom is -0.383 e. The van der Waals surface area contributed by atoms with Crippen LogP contribution in [-0.4, -0.2) is 45.8 Å². The minimum absolute atomic E-state index is 0.0336. The van der Waals surface area contributed by atoms with Crippen molar-refractivity contribution in [2.75, 3.05) is 41.0 Å². The second kappa shape index (κ2) is 8.53. The lowest BCUT2D eigenvalue weighted by atomic mass is 10.1. The molecule has 0 aliphatic rings. The Kier molecular flexibility index (Phi) is 7.35. The van der Waals surface area contributed by atoms with Gasteiger partial charge in [-0.3, -0.25) is 0 Å². The summed E-state index contributed by atoms with van der Waals surface area (Å²) in [5, 5.41) is 3.23. The number of thioether (sulfide) groups is 1. The third-order valence-corrected chi connectivity index (χ3v) is 4.17. The topological polar surface area (TPSA) is 30.5 Å². The first-order valence-corrected chi connectivity index (χ1v) is 7.05. The molecule has 0 bridgehead atoms. The van der Waals surface area contributed by atoms with Crippen LogP contribution in [-0.2, 0) is 15.2 Å². The molecule has 0 amide bonds. The molecule has 0 saturated carbocycles. The average Bonchev–Trinajstić information content (AvgIpc) is 2.39. The van der Waals surface area contributed by atoms with Crippen molar-refractivity contribution in [1.82, 2.24) is 5.32 Å². The summed E-state index contributed by atoms with van der Waals surface area (Å²) in [5.41, 5.74) is 1.33. The first-order chi connectivity index (χ1) is 8.76. The van der Waals surface area contributed by atoms with E-state index in [-0.39, 0.29) is 4.75 Å². The maximum absolute atomic E-state index is 5.36. The van der Waals surface area contributed by atoms with Crippen molar-refractivity contribution in [3.8, 4) is 0 Å². The quantitative estimate of drug-likeness (QED) is 0.744. The molecular weight excluding hydrogens is 246 g/mol. The molecule has 0 aliphatic carbocycles. The summed E-state index contributed by atoms with van der Waals surface area (Å²) in [4.78, 5) is 0. The molecular formula is C14H23NO2S. The lowest BCUT2D eigenvalue weighted by molar-refractivity contribution is 0.103. The Balaban J connectivity index is 2.64. The Morgan fingerprint density at radius 2 is 1.72 bits per heavy atom. The molecule has 0 spiro atoms. The number of ether oxygens (including phenoxy) is 2. The molecule has 1 N–H and O–H groups in total. The highest BCUT2D eigenvalue weighted by molar-refractivity contribution is 8.00. The number of methoxy groups -OCH3 is 2. The first kappa shape index (κ1) is 15.5. The molecule has 0 fully saturated rings. The molecule has 0 atom stereocenters. The van der Waals surface area contributed by atoms with E-state index < -0.39 is 0 Å². The molecule has 4 heteroatoms. The standard InChI is InChI=1S/C14H23NO2S/c1-15-10-14(11-16-2,12-17-3)18-9-13-7-5-4-6-8-13/h4-8,15H,9-12H2,1-3H3. The fourth-order valence-electron chi connectivity index (χ4n) is 1.94. The van der Waals surface area contributed by atoms with Gasteiger partial charge in [0.1, 0.15) is 0 Å². The van der Waals surface area contributed by atoms with Crippen LogP contribution in [0.5, 0.6) is 0 Å². The maximum Gasteiger partial charge on any atom is 0.0752 e. The van der Waals surface area contributed by atoms with Crippen molar-refractivity contribution in [1.29, 1.82) is 0 Å². The smallest absolute Gasteiger partial charge is 0.0752 e. The molecule has 0 heterocycles. The highest BCUT2D eigenvalue weighted by atomic mass is 32.2. The lowest BCUT2D eigenvalue weighted by Crippen LogP contribution is -2.44. The summed E-state index contributed by atoms with van der Waals surface area (Å²) in [6.45, 7) is 2.23. The number of hydrogen-bond acceptors (Lipinski definition) is 4. The van der Waals surface area contributed by atoms with E-state index in [1.165, 1.54) is 5.56 Å². The fourth-order valence-corrected chi connectivity index (χ4v) is 3.25. The molecule has 1 aromatic rings. The van der Waals surface area contributed by atoms with Crippen LogP contribution in [0.1, 0.15) is 5.56 Å². The van der Waals surface area contributed by atoms with E-state index in [0.717, 1.165) is 12.3 Å². The van der Waals surface area contributed by atoms with Gasteiger partial charge in [0.25, 0.3) is 0 Å². The Morgan fingerprint density at radius 3 is 2.22 bits per heavy atom. The van der Waals surface area contributed by atoms with E-state index in [2.05, 4.69) is 29.6 Å². The molecule has 3 nitrogen and oxygen atoms in total. The van der Waals surface area contributed by atoms with Gasteiger partial charge in [-0.15, -0.1) is 11.8 Å². The Labute approximate surface area is 114 Å². The van der Waals surface area contributed by atoms with Crippen molar-refractivity contribution in [2.24, 2.45) is 0 Å². The SMILES string of the molecule is CNCC(COC)(COC)SCc1ccccc1. The van der Waals surface area contributed by atoms with E-state index in [4.69, 9.17) is 9.47 Å². The Bertz CT molecular complexity index is 302. The van der Waals surface area contributed by atoms with Crippen molar-refractivity contribution in [3.63, 3.8) is 0 Å². The van der Waals surface area contributed by atoms with Gasteiger partial charge >= 0.3 is 0 Å². The van der Waals surface area contributed by atoms with Gasteiger partial charge < -0.3 is 14.8 Å². The molecule has 0 aromatic heterocycles. The Morgan fingerprint density at radius 1 is 1.11 bits per heavy atom. The van der Waals surface area contributed by atoms with Crippen LogP contribution in [0.2, 0.25) is 0 Å². The van der Waals surface area contributed by atoms with Gasteiger partial charge in [0.15, 0.2) is 0 Å². The molecule has 18 heavy (non-hydrogen) atoms. The van der Waals surface area contributed by atoms with E-state index in [0.29, 0.717) is 13.2 Å². The fraction of sp³-hybridized carbons (Fsp3) is 0.571. The third-order valence-electron chi connectivity index (χ3n) is 2.70. The van der Waals surface area contributed by atoms with Gasteiger partial charge in [-0.05, 0) is 12.6 Å². The zero-order chi connectivity index (χ0) is 13.3. The van der Waals surface area contributed by atoms with Crippen LogP contribution in [0.25, 0.3) is 0 Å². The van der Waals surface area contributed by atoms with Gasteiger partial charge in [0, 0.05) is 26.5 Å². The monoisotopic (exact) mass is 269 g/mol. The largest absolute Gasteiger partial charge is 0.383 e. The number of benzene rings is 1. The molecule has 102 valence electrons. The summed E-state index contributed by atoms with van der Waals surface area (Å²) < 4.78 is 10.7. The minimum atomic E-state index is -0.0336. The van der Waals surface area contributed by atoms with Crippen LogP contribution in [0.15, 0.2) is 30.3 Å².